The van der Waals surface area contributed by atoms with Crippen molar-refractivity contribution in [2.24, 2.45) is 5.92 Å². The number of rotatable bonds is 7. The maximum absolute atomic E-state index is 12.1. The highest BCUT2D eigenvalue weighted by Crippen LogP contribution is 2.42. The second kappa shape index (κ2) is 10.5. The third-order valence-corrected chi connectivity index (χ3v) is 7.83. The monoisotopic (exact) mass is 455 g/mol. The molecule has 0 spiro atoms. The second-order valence-corrected chi connectivity index (χ2v) is 11.2. The molecule has 3 aromatic carbocycles. The van der Waals surface area contributed by atoms with Gasteiger partial charge in [-0.2, -0.15) is 0 Å². The number of benzene rings is 3. The normalized spacial score (nSPS) is 17.0. The van der Waals surface area contributed by atoms with E-state index in [0.717, 1.165) is 43.6 Å². The summed E-state index contributed by atoms with van der Waals surface area (Å²) >= 11 is 0. The van der Waals surface area contributed by atoms with Crippen molar-refractivity contribution in [3.05, 3.63) is 107 Å². The van der Waals surface area contributed by atoms with Crippen LogP contribution in [-0.4, -0.2) is 29.6 Å². The molecule has 180 valence electrons. The van der Waals surface area contributed by atoms with Crippen LogP contribution in [-0.2, 0) is 11.0 Å². The average Bonchev–Trinajstić information content (AvgIpc) is 2.87. The third kappa shape index (κ3) is 5.45. The van der Waals surface area contributed by atoms with Crippen molar-refractivity contribution in [2.45, 2.75) is 63.9 Å². The lowest BCUT2D eigenvalue weighted by molar-refractivity contribution is -0.0144. The van der Waals surface area contributed by atoms with Crippen LogP contribution in [0.2, 0.25) is 0 Å². The molecule has 1 aliphatic heterocycles. The molecule has 1 saturated heterocycles. The minimum atomic E-state index is -0.934. The van der Waals surface area contributed by atoms with Gasteiger partial charge in [-0.3, -0.25) is 0 Å². The number of nitrogens with zero attached hydrogens (tertiary/aromatic N) is 1. The summed E-state index contributed by atoms with van der Waals surface area (Å²) in [7, 11) is 0. The van der Waals surface area contributed by atoms with E-state index in [2.05, 4.69) is 81.1 Å². The molecule has 2 nitrogen and oxygen atoms in total. The van der Waals surface area contributed by atoms with E-state index in [-0.39, 0.29) is 11.3 Å². The molecule has 0 saturated carbocycles. The van der Waals surface area contributed by atoms with Crippen LogP contribution in [0.3, 0.4) is 0 Å². The molecule has 1 aliphatic rings. The molecule has 1 heterocycles. The molecule has 2 heteroatoms. The summed E-state index contributed by atoms with van der Waals surface area (Å²) < 4.78 is 0. The lowest BCUT2D eigenvalue weighted by atomic mass is 9.72. The Bertz CT molecular complexity index is 973. The molecule has 4 rings (SSSR count). The minimum absolute atomic E-state index is 0.202. The Kier molecular flexibility index (Phi) is 7.60. The van der Waals surface area contributed by atoms with Crippen molar-refractivity contribution in [1.29, 1.82) is 0 Å². The van der Waals surface area contributed by atoms with E-state index in [0.29, 0.717) is 5.92 Å². The fraction of sp³-hybridized carbons (Fsp3) is 0.438. The van der Waals surface area contributed by atoms with Crippen molar-refractivity contribution >= 4 is 0 Å². The van der Waals surface area contributed by atoms with Gasteiger partial charge in [0, 0.05) is 0 Å². The second-order valence-electron chi connectivity index (χ2n) is 11.2. The predicted molar refractivity (Wildman–Crippen MR) is 143 cm³/mol. The van der Waals surface area contributed by atoms with Crippen LogP contribution >= 0.6 is 0 Å². The Labute approximate surface area is 206 Å². The maximum atomic E-state index is 12.1. The summed E-state index contributed by atoms with van der Waals surface area (Å²) in [6.45, 7) is 12.4. The van der Waals surface area contributed by atoms with Gasteiger partial charge >= 0.3 is 0 Å². The molecular weight excluding hydrogens is 414 g/mol. The van der Waals surface area contributed by atoms with Gasteiger partial charge in [0.2, 0.25) is 0 Å². The minimum Gasteiger partial charge on any atom is -0.380 e. The van der Waals surface area contributed by atoms with E-state index in [1.54, 1.807) is 0 Å². The predicted octanol–water partition coefficient (Wildman–Crippen LogP) is 7.13. The van der Waals surface area contributed by atoms with Crippen molar-refractivity contribution < 1.29 is 5.11 Å². The van der Waals surface area contributed by atoms with E-state index in [4.69, 9.17) is 0 Å². The zero-order valence-electron chi connectivity index (χ0n) is 21.4. The fourth-order valence-corrected chi connectivity index (χ4v) is 5.45. The van der Waals surface area contributed by atoms with Gasteiger partial charge in [0.15, 0.2) is 0 Å². The van der Waals surface area contributed by atoms with E-state index < -0.39 is 5.60 Å². The molecule has 1 fully saturated rings. The molecule has 0 radical (unpaired) electrons. The van der Waals surface area contributed by atoms with Crippen molar-refractivity contribution in [3.8, 4) is 0 Å². The molecule has 0 aromatic heterocycles. The first-order valence-electron chi connectivity index (χ1n) is 12.9. The van der Waals surface area contributed by atoms with E-state index in [9.17, 15) is 5.11 Å². The first-order chi connectivity index (χ1) is 16.3. The van der Waals surface area contributed by atoms with Gasteiger partial charge in [0.25, 0.3) is 0 Å². The van der Waals surface area contributed by atoms with Crippen LogP contribution in [0.5, 0.6) is 0 Å². The van der Waals surface area contributed by atoms with E-state index in [1.807, 2.05) is 36.4 Å². The molecule has 0 bridgehead atoms. The molecule has 1 atom stereocenters. The zero-order valence-corrected chi connectivity index (χ0v) is 21.4. The zero-order chi connectivity index (χ0) is 24.2. The summed E-state index contributed by atoms with van der Waals surface area (Å²) in [6, 6.07) is 29.7. The quantitative estimate of drug-likeness (QED) is 0.410. The van der Waals surface area contributed by atoms with Gasteiger partial charge < -0.3 is 10.0 Å². The largest absolute Gasteiger partial charge is 0.380 e. The lowest BCUT2D eigenvalue weighted by Crippen LogP contribution is -2.44. The Morgan fingerprint density at radius 1 is 0.765 bits per heavy atom. The molecule has 1 N–H and O–H groups in total. The van der Waals surface area contributed by atoms with Crippen LogP contribution in [0.15, 0.2) is 84.9 Å². The number of aliphatic hydroxyl groups is 1. The number of hydrogen-bond donors (Lipinski definition) is 1. The molecule has 34 heavy (non-hydrogen) atoms. The lowest BCUT2D eigenvalue weighted by Gasteiger charge is -2.42. The summed E-state index contributed by atoms with van der Waals surface area (Å²) in [4.78, 5) is 2.59. The molecule has 3 aromatic rings. The highest BCUT2D eigenvalue weighted by Gasteiger charge is 2.41. The highest BCUT2D eigenvalue weighted by atomic mass is 16.3. The van der Waals surface area contributed by atoms with Crippen LogP contribution in [0.4, 0.5) is 0 Å². The van der Waals surface area contributed by atoms with Crippen LogP contribution in [0.25, 0.3) is 0 Å². The molecule has 0 amide bonds. The van der Waals surface area contributed by atoms with Crippen LogP contribution in [0.1, 0.15) is 75.1 Å². The molecule has 0 aliphatic carbocycles. The SMILES string of the molecule is CC(CCN1CCC(C(O)(c2ccccc2)c2ccccc2)CC1)c1ccc(C(C)(C)C)cc1. The van der Waals surface area contributed by atoms with E-state index in [1.165, 1.54) is 17.5 Å². The Balaban J connectivity index is 1.37. The first-order valence-corrected chi connectivity index (χ1v) is 12.9. The van der Waals surface area contributed by atoms with Crippen LogP contribution < -0.4 is 0 Å². The smallest absolute Gasteiger partial charge is 0.117 e. The standard InChI is InChI=1S/C32H41NO/c1-25(26-15-17-27(18-16-26)31(2,3)4)19-22-33-23-20-30(21-24-33)32(34,28-11-7-5-8-12-28)29-13-9-6-10-14-29/h5-18,25,30,34H,19-24H2,1-4H3. The van der Waals surface area contributed by atoms with Crippen LogP contribution in [0, 0.1) is 5.92 Å². The van der Waals surface area contributed by atoms with Crippen molar-refractivity contribution in [1.82, 2.24) is 4.90 Å². The Morgan fingerprint density at radius 2 is 1.26 bits per heavy atom. The number of hydrogen-bond acceptors (Lipinski definition) is 2. The van der Waals surface area contributed by atoms with Gasteiger partial charge in [-0.15, -0.1) is 0 Å². The third-order valence-electron chi connectivity index (χ3n) is 7.83. The number of likely N-dealkylation sites (tertiary alicyclic amines) is 1. The van der Waals surface area contributed by atoms with Crippen molar-refractivity contribution in [3.63, 3.8) is 0 Å². The maximum Gasteiger partial charge on any atom is 0.117 e. The average molecular weight is 456 g/mol. The van der Waals surface area contributed by atoms with Gasteiger partial charge in [-0.1, -0.05) is 113 Å². The van der Waals surface area contributed by atoms with Gasteiger partial charge in [-0.05, 0) is 78.4 Å². The van der Waals surface area contributed by atoms with Crippen molar-refractivity contribution in [2.75, 3.05) is 19.6 Å². The molecular formula is C32H41NO. The van der Waals surface area contributed by atoms with Gasteiger partial charge in [0.1, 0.15) is 5.60 Å². The summed E-state index contributed by atoms with van der Waals surface area (Å²) in [5.41, 5.74) is 4.11. The fourth-order valence-electron chi connectivity index (χ4n) is 5.45. The summed E-state index contributed by atoms with van der Waals surface area (Å²) in [6.07, 6.45) is 3.19. The number of piperidine rings is 1. The Morgan fingerprint density at radius 3 is 1.74 bits per heavy atom. The summed E-state index contributed by atoms with van der Waals surface area (Å²) in [5.74, 6) is 0.772. The first kappa shape index (κ1) is 24.7. The van der Waals surface area contributed by atoms with Gasteiger partial charge in [0.05, 0.1) is 0 Å². The van der Waals surface area contributed by atoms with E-state index >= 15 is 0 Å². The molecule has 1 unspecified atom stereocenters. The topological polar surface area (TPSA) is 23.5 Å². The summed E-state index contributed by atoms with van der Waals surface area (Å²) in [5, 5.41) is 12.1. The Hall–Kier alpha value is -2.42. The van der Waals surface area contributed by atoms with Gasteiger partial charge in [-0.25, -0.2) is 0 Å². The highest BCUT2D eigenvalue weighted by molar-refractivity contribution is 5.37.